The molecule has 278 valence electrons. The van der Waals surface area contributed by atoms with Gasteiger partial charge in [0.2, 0.25) is 0 Å². The molecule has 7 nitrogen and oxygen atoms in total. The number of ketones is 1. The molecule has 2 amide bonds. The Morgan fingerprint density at radius 3 is 2.42 bits per heavy atom. The number of rotatable bonds is 8. The highest BCUT2D eigenvalue weighted by Crippen LogP contribution is 2.59. The average Bonchev–Trinajstić information content (AvgIpc) is 3.40. The van der Waals surface area contributed by atoms with Gasteiger partial charge in [0, 0.05) is 28.8 Å². The van der Waals surface area contributed by atoms with Gasteiger partial charge in [0.1, 0.15) is 5.75 Å². The van der Waals surface area contributed by atoms with Crippen molar-refractivity contribution in [3.8, 4) is 5.75 Å². The third kappa shape index (κ3) is 8.37. The molecule has 0 saturated heterocycles. The first-order valence-corrected chi connectivity index (χ1v) is 18.3. The standard InChI is InChI=1S/C44H48F2N2O5/c1-29-8-7-22-43(2)38(36-19-12-31(24-34(49)16-11-29)25-37(36)41(50)32-13-20-39(45)40(46)26-32)21-23-44(43,52)28-48(27-30-9-5-4-6-10-30)42(51)47-33-14-17-35(53-3)18-15-33/h4-6,8-10,12-15,17-20,25-26,34,38,49,52H,7,11,16,21-24,27-28H2,1-3H3,(H,47,51)/t34-,38-,43-,44+/m0/s1. The molecule has 0 radical (unpaired) electrons. The Bertz CT molecular complexity index is 1970. The molecule has 0 unspecified atom stereocenters. The maximum absolute atomic E-state index is 14.4. The summed E-state index contributed by atoms with van der Waals surface area (Å²) in [7, 11) is 1.58. The second-order valence-electron chi connectivity index (χ2n) is 14.9. The molecular weight excluding hydrogens is 674 g/mol. The van der Waals surface area contributed by atoms with Crippen LogP contribution >= 0.6 is 0 Å². The van der Waals surface area contributed by atoms with Crippen LogP contribution in [0.25, 0.3) is 0 Å². The quantitative estimate of drug-likeness (QED) is 0.125. The summed E-state index contributed by atoms with van der Waals surface area (Å²) in [4.78, 5) is 30.0. The summed E-state index contributed by atoms with van der Waals surface area (Å²) in [6, 6.07) is 25.1. The fraction of sp³-hybridized carbons (Fsp3) is 0.364. The van der Waals surface area contributed by atoms with Crippen LogP contribution in [-0.2, 0) is 13.0 Å². The van der Waals surface area contributed by atoms with Crippen LogP contribution in [-0.4, -0.2) is 52.3 Å². The zero-order valence-electron chi connectivity index (χ0n) is 30.6. The smallest absolute Gasteiger partial charge is 0.322 e. The van der Waals surface area contributed by atoms with Crippen molar-refractivity contribution in [2.45, 2.75) is 83.0 Å². The molecule has 3 aliphatic carbocycles. The molecule has 0 heterocycles. The van der Waals surface area contributed by atoms with Crippen LogP contribution < -0.4 is 10.1 Å². The number of aliphatic hydroxyl groups excluding tert-OH is 1. The van der Waals surface area contributed by atoms with Crippen molar-refractivity contribution in [2.75, 3.05) is 19.0 Å². The lowest BCUT2D eigenvalue weighted by Gasteiger charge is -2.46. The summed E-state index contributed by atoms with van der Waals surface area (Å²) < 4.78 is 33.7. The number of benzene rings is 4. The predicted octanol–water partition coefficient (Wildman–Crippen LogP) is 8.98. The van der Waals surface area contributed by atoms with Crippen molar-refractivity contribution in [3.05, 3.63) is 142 Å². The summed E-state index contributed by atoms with van der Waals surface area (Å²) in [5, 5.41) is 26.9. The fourth-order valence-corrected chi connectivity index (χ4v) is 8.19. The van der Waals surface area contributed by atoms with E-state index >= 15 is 0 Å². The summed E-state index contributed by atoms with van der Waals surface area (Å²) in [5.41, 5.74) is 2.24. The van der Waals surface area contributed by atoms with Crippen LogP contribution in [0.3, 0.4) is 0 Å². The molecule has 2 bridgehead atoms. The maximum Gasteiger partial charge on any atom is 0.322 e. The van der Waals surface area contributed by atoms with Crippen molar-refractivity contribution in [1.29, 1.82) is 0 Å². The van der Waals surface area contributed by atoms with E-state index in [-0.39, 0.29) is 30.6 Å². The zero-order chi connectivity index (χ0) is 37.8. The van der Waals surface area contributed by atoms with E-state index in [1.807, 2.05) is 49.4 Å². The van der Waals surface area contributed by atoms with Crippen LogP contribution in [0.1, 0.15) is 90.9 Å². The van der Waals surface area contributed by atoms with Gasteiger partial charge in [0.15, 0.2) is 17.4 Å². The van der Waals surface area contributed by atoms with Crippen molar-refractivity contribution in [1.82, 2.24) is 4.90 Å². The summed E-state index contributed by atoms with van der Waals surface area (Å²) in [6.07, 6.45) is 5.17. The molecule has 4 aromatic rings. The van der Waals surface area contributed by atoms with Crippen molar-refractivity contribution >= 4 is 17.5 Å². The van der Waals surface area contributed by atoms with Gasteiger partial charge in [0.05, 0.1) is 25.4 Å². The average molecular weight is 723 g/mol. The largest absolute Gasteiger partial charge is 0.497 e. The van der Waals surface area contributed by atoms with Gasteiger partial charge in [-0.05, 0) is 123 Å². The highest BCUT2D eigenvalue weighted by atomic mass is 19.2. The number of methoxy groups -OCH3 is 1. The summed E-state index contributed by atoms with van der Waals surface area (Å²) >= 11 is 0. The van der Waals surface area contributed by atoms with E-state index in [2.05, 4.69) is 18.3 Å². The van der Waals surface area contributed by atoms with Gasteiger partial charge in [-0.25, -0.2) is 13.6 Å². The van der Waals surface area contributed by atoms with Gasteiger partial charge in [-0.3, -0.25) is 4.79 Å². The number of amides is 2. The van der Waals surface area contributed by atoms with Crippen molar-refractivity contribution in [3.63, 3.8) is 0 Å². The van der Waals surface area contributed by atoms with E-state index in [4.69, 9.17) is 4.74 Å². The Morgan fingerprint density at radius 1 is 0.943 bits per heavy atom. The van der Waals surface area contributed by atoms with Gasteiger partial charge in [-0.15, -0.1) is 0 Å². The Labute approximate surface area is 310 Å². The van der Waals surface area contributed by atoms with Crippen LogP contribution in [0.4, 0.5) is 19.3 Å². The Balaban J connectivity index is 1.41. The summed E-state index contributed by atoms with van der Waals surface area (Å²) in [5.74, 6) is -2.27. The second kappa shape index (κ2) is 16.0. The Kier molecular flexibility index (Phi) is 11.5. The van der Waals surface area contributed by atoms with E-state index in [0.717, 1.165) is 28.8 Å². The molecule has 9 heteroatoms. The number of urea groups is 1. The van der Waals surface area contributed by atoms with Gasteiger partial charge >= 0.3 is 6.03 Å². The predicted molar refractivity (Wildman–Crippen MR) is 202 cm³/mol. The number of hydrogen-bond acceptors (Lipinski definition) is 5. The second-order valence-corrected chi connectivity index (χ2v) is 14.9. The first-order chi connectivity index (χ1) is 25.4. The van der Waals surface area contributed by atoms with Crippen LogP contribution in [0, 0.1) is 17.0 Å². The van der Waals surface area contributed by atoms with E-state index < -0.39 is 34.5 Å². The number of carbonyl (C=O) groups excluding carboxylic acids is 2. The molecule has 1 fully saturated rings. The summed E-state index contributed by atoms with van der Waals surface area (Å²) in [6.45, 7) is 4.38. The topological polar surface area (TPSA) is 99.1 Å². The SMILES string of the molecule is COc1ccc(NC(=O)N(Cc2ccccc2)C[C@]2(O)CC[C@H]3c4ccc(cc4C(=O)c4ccc(F)c(F)c4)C[C@@H](O)CCC(C)=CCC[C@@]32C)cc1. The van der Waals surface area contributed by atoms with E-state index in [9.17, 15) is 28.6 Å². The molecule has 53 heavy (non-hydrogen) atoms. The van der Waals surface area contributed by atoms with Gasteiger partial charge in [-0.2, -0.15) is 0 Å². The highest BCUT2D eigenvalue weighted by Gasteiger charge is 2.57. The van der Waals surface area contributed by atoms with Gasteiger partial charge in [-0.1, -0.05) is 61.0 Å². The van der Waals surface area contributed by atoms with Gasteiger partial charge in [0.25, 0.3) is 0 Å². The molecule has 7 rings (SSSR count). The first-order valence-electron chi connectivity index (χ1n) is 18.3. The number of hydrogen-bond donors (Lipinski definition) is 3. The minimum Gasteiger partial charge on any atom is -0.497 e. The number of nitrogens with zero attached hydrogens (tertiary/aromatic N) is 1. The lowest BCUT2D eigenvalue weighted by molar-refractivity contribution is -0.0773. The minimum absolute atomic E-state index is 0.0155. The van der Waals surface area contributed by atoms with E-state index in [1.165, 1.54) is 6.07 Å². The lowest BCUT2D eigenvalue weighted by atomic mass is 9.64. The number of ether oxygens (including phenoxy) is 1. The van der Waals surface area contributed by atoms with E-state index in [0.29, 0.717) is 67.5 Å². The number of halogens is 2. The first kappa shape index (κ1) is 37.9. The molecule has 3 N–H and O–H groups in total. The highest BCUT2D eigenvalue weighted by molar-refractivity contribution is 6.10. The number of aliphatic hydroxyl groups is 2. The molecule has 0 aromatic heterocycles. The van der Waals surface area contributed by atoms with Crippen LogP contribution in [0.5, 0.6) is 5.75 Å². The third-order valence-corrected chi connectivity index (χ3v) is 11.4. The lowest BCUT2D eigenvalue weighted by Crippen LogP contribution is -2.54. The fourth-order valence-electron chi connectivity index (χ4n) is 8.19. The minimum atomic E-state index is -1.38. The number of allylic oxidation sites excluding steroid dienone is 2. The monoisotopic (exact) mass is 722 g/mol. The molecule has 0 spiro atoms. The Hall–Kier alpha value is -4.86. The third-order valence-electron chi connectivity index (χ3n) is 11.4. The molecule has 4 aromatic carbocycles. The number of carbonyl (C=O) groups is 2. The van der Waals surface area contributed by atoms with Crippen molar-refractivity contribution < 1.29 is 33.3 Å². The van der Waals surface area contributed by atoms with Gasteiger partial charge < -0.3 is 25.2 Å². The maximum atomic E-state index is 14.4. The van der Waals surface area contributed by atoms with Crippen LogP contribution in [0.2, 0.25) is 0 Å². The molecule has 0 aliphatic heterocycles. The normalized spacial score (nSPS) is 23.0. The van der Waals surface area contributed by atoms with Crippen LogP contribution in [0.15, 0.2) is 103 Å². The number of fused-ring (bicyclic) bond motifs is 8. The van der Waals surface area contributed by atoms with Crippen molar-refractivity contribution in [2.24, 2.45) is 5.41 Å². The molecule has 4 atom stereocenters. The molecule has 1 saturated carbocycles. The molecule has 3 aliphatic rings. The zero-order valence-corrected chi connectivity index (χ0v) is 30.6. The number of anilines is 1. The number of nitrogens with one attached hydrogen (secondary N) is 1. The van der Waals surface area contributed by atoms with E-state index in [1.54, 1.807) is 42.3 Å². The Morgan fingerprint density at radius 2 is 1.70 bits per heavy atom. The molecular formula is C44H48F2N2O5.